The number of halogens is 1. The van der Waals surface area contributed by atoms with Gasteiger partial charge < -0.3 is 4.98 Å². The lowest BCUT2D eigenvalue weighted by atomic mass is 10.1. The third-order valence-electron chi connectivity index (χ3n) is 2.22. The van der Waals surface area contributed by atoms with Gasteiger partial charge in [0.2, 0.25) is 0 Å². The number of aromatic nitrogens is 1. The van der Waals surface area contributed by atoms with Gasteiger partial charge in [-0.2, -0.15) is 0 Å². The van der Waals surface area contributed by atoms with Crippen LogP contribution in [0, 0.1) is 0 Å². The molecule has 1 unspecified atom stereocenters. The maximum atomic E-state index is 6.10. The SMILES string of the molecule is CCC1CC(Cl)=c2cc[nH]c2=N1. The van der Waals surface area contributed by atoms with Crippen molar-refractivity contribution < 1.29 is 0 Å². The van der Waals surface area contributed by atoms with Crippen LogP contribution in [0.5, 0.6) is 0 Å². The molecule has 3 heteroatoms. The van der Waals surface area contributed by atoms with Crippen molar-refractivity contribution >= 4 is 16.6 Å². The van der Waals surface area contributed by atoms with Crippen molar-refractivity contribution in [3.63, 3.8) is 0 Å². The standard InChI is InChI=1S/C9H11ClN2/c1-2-6-5-8(10)7-3-4-11-9(7)12-6/h3-4,6H,2,5H2,1H3,(H,11,12). The van der Waals surface area contributed by atoms with Crippen molar-refractivity contribution in [1.29, 1.82) is 0 Å². The zero-order chi connectivity index (χ0) is 8.55. The molecule has 0 fully saturated rings. The first kappa shape index (κ1) is 7.87. The molecule has 0 spiro atoms. The van der Waals surface area contributed by atoms with Crippen molar-refractivity contribution in [2.45, 2.75) is 25.8 Å². The molecule has 2 heterocycles. The summed E-state index contributed by atoms with van der Waals surface area (Å²) in [6.07, 6.45) is 3.83. The van der Waals surface area contributed by atoms with E-state index in [2.05, 4.69) is 16.9 Å². The van der Waals surface area contributed by atoms with E-state index in [9.17, 15) is 0 Å². The number of fused-ring (bicyclic) bond motifs is 1. The fourth-order valence-electron chi connectivity index (χ4n) is 1.47. The number of aromatic amines is 1. The van der Waals surface area contributed by atoms with Gasteiger partial charge in [-0.1, -0.05) is 18.5 Å². The van der Waals surface area contributed by atoms with Crippen molar-refractivity contribution in [1.82, 2.24) is 4.98 Å². The Kier molecular flexibility index (Phi) is 1.93. The number of hydrogen-bond acceptors (Lipinski definition) is 1. The van der Waals surface area contributed by atoms with Gasteiger partial charge in [-0.3, -0.25) is 4.99 Å². The number of rotatable bonds is 1. The average molecular weight is 183 g/mol. The second kappa shape index (κ2) is 2.94. The highest BCUT2D eigenvalue weighted by Gasteiger charge is 2.12. The van der Waals surface area contributed by atoms with Gasteiger partial charge in [0.25, 0.3) is 0 Å². The highest BCUT2D eigenvalue weighted by molar-refractivity contribution is 6.45. The van der Waals surface area contributed by atoms with Gasteiger partial charge in [0.05, 0.1) is 6.04 Å². The van der Waals surface area contributed by atoms with Crippen molar-refractivity contribution in [3.8, 4) is 0 Å². The van der Waals surface area contributed by atoms with E-state index >= 15 is 0 Å². The Morgan fingerprint density at radius 2 is 2.58 bits per heavy atom. The summed E-state index contributed by atoms with van der Waals surface area (Å²) in [6, 6.07) is 2.34. The summed E-state index contributed by atoms with van der Waals surface area (Å²) in [4.78, 5) is 7.59. The molecule has 0 radical (unpaired) electrons. The third-order valence-corrected chi connectivity index (χ3v) is 2.57. The molecular formula is C9H11ClN2. The van der Waals surface area contributed by atoms with Gasteiger partial charge in [-0.05, 0) is 12.5 Å². The molecule has 0 saturated carbocycles. The van der Waals surface area contributed by atoms with Crippen LogP contribution in [-0.4, -0.2) is 11.0 Å². The van der Waals surface area contributed by atoms with Crippen LogP contribution in [0.3, 0.4) is 0 Å². The fourth-order valence-corrected chi connectivity index (χ4v) is 1.80. The molecule has 1 aliphatic rings. The summed E-state index contributed by atoms with van der Waals surface area (Å²) in [5.41, 5.74) is 0.943. The smallest absolute Gasteiger partial charge is 0.133 e. The molecule has 0 aliphatic carbocycles. The number of hydrogen-bond donors (Lipinski definition) is 1. The molecule has 0 aromatic carbocycles. The first-order valence-electron chi connectivity index (χ1n) is 4.21. The Labute approximate surface area is 76.0 Å². The number of nitrogens with one attached hydrogen (secondary N) is 1. The van der Waals surface area contributed by atoms with E-state index in [4.69, 9.17) is 11.6 Å². The molecule has 64 valence electrons. The molecular weight excluding hydrogens is 172 g/mol. The minimum absolute atomic E-state index is 0.364. The van der Waals surface area contributed by atoms with Gasteiger partial charge in [-0.25, -0.2) is 0 Å². The van der Waals surface area contributed by atoms with Gasteiger partial charge in [-0.15, -0.1) is 0 Å². The minimum atomic E-state index is 0.364. The van der Waals surface area contributed by atoms with Crippen molar-refractivity contribution in [2.24, 2.45) is 4.99 Å². The Morgan fingerprint density at radius 1 is 1.75 bits per heavy atom. The molecule has 0 saturated heterocycles. The van der Waals surface area contributed by atoms with E-state index in [-0.39, 0.29) is 0 Å². The van der Waals surface area contributed by atoms with E-state index in [1.807, 2.05) is 12.3 Å². The lowest BCUT2D eigenvalue weighted by Gasteiger charge is -2.11. The van der Waals surface area contributed by atoms with Gasteiger partial charge in [0.1, 0.15) is 5.49 Å². The monoisotopic (exact) mass is 182 g/mol. The van der Waals surface area contributed by atoms with Gasteiger partial charge >= 0.3 is 0 Å². The van der Waals surface area contributed by atoms with Gasteiger partial charge in [0.15, 0.2) is 0 Å². The molecule has 1 aliphatic heterocycles. The zero-order valence-corrected chi connectivity index (χ0v) is 7.73. The van der Waals surface area contributed by atoms with Crippen molar-refractivity contribution in [3.05, 3.63) is 23.0 Å². The fraction of sp³-hybridized carbons (Fsp3) is 0.444. The van der Waals surface area contributed by atoms with E-state index in [0.29, 0.717) is 6.04 Å². The Bertz CT molecular complexity index is 391. The zero-order valence-electron chi connectivity index (χ0n) is 6.97. The van der Waals surface area contributed by atoms with Crippen LogP contribution in [0.1, 0.15) is 19.8 Å². The normalized spacial score (nSPS) is 21.8. The summed E-state index contributed by atoms with van der Waals surface area (Å²) in [5.74, 6) is 0. The van der Waals surface area contributed by atoms with Crippen LogP contribution < -0.4 is 10.7 Å². The second-order valence-corrected chi connectivity index (χ2v) is 3.50. The highest BCUT2D eigenvalue weighted by Crippen LogP contribution is 2.15. The van der Waals surface area contributed by atoms with Crippen LogP contribution in [0.15, 0.2) is 17.3 Å². The summed E-state index contributed by atoms with van der Waals surface area (Å²) < 4.78 is 0. The predicted molar refractivity (Wildman–Crippen MR) is 49.5 cm³/mol. The van der Waals surface area contributed by atoms with Crippen LogP contribution in [0.2, 0.25) is 0 Å². The first-order valence-corrected chi connectivity index (χ1v) is 4.59. The molecule has 0 bridgehead atoms. The number of nitrogens with zero attached hydrogens (tertiary/aromatic N) is 1. The summed E-state index contributed by atoms with van der Waals surface area (Å²) in [5, 5.41) is 2.01. The van der Waals surface area contributed by atoms with Crippen LogP contribution in [0.4, 0.5) is 0 Å². The summed E-state index contributed by atoms with van der Waals surface area (Å²) >= 11 is 6.10. The molecule has 1 aromatic heterocycles. The maximum Gasteiger partial charge on any atom is 0.133 e. The Balaban J connectivity index is 2.62. The van der Waals surface area contributed by atoms with E-state index in [0.717, 1.165) is 28.6 Å². The quantitative estimate of drug-likeness (QED) is 0.676. The largest absolute Gasteiger partial charge is 0.346 e. The Morgan fingerprint density at radius 3 is 3.33 bits per heavy atom. The van der Waals surface area contributed by atoms with Crippen LogP contribution in [-0.2, 0) is 0 Å². The molecule has 2 rings (SSSR count). The predicted octanol–water partition coefficient (Wildman–Crippen LogP) is 1.16. The maximum absolute atomic E-state index is 6.10. The molecule has 0 amide bonds. The van der Waals surface area contributed by atoms with E-state index < -0.39 is 0 Å². The van der Waals surface area contributed by atoms with Gasteiger partial charge in [0, 0.05) is 22.9 Å². The molecule has 12 heavy (non-hydrogen) atoms. The van der Waals surface area contributed by atoms with E-state index in [1.54, 1.807) is 0 Å². The summed E-state index contributed by atoms with van der Waals surface area (Å²) in [6.45, 7) is 2.13. The molecule has 1 aromatic rings. The van der Waals surface area contributed by atoms with E-state index in [1.165, 1.54) is 0 Å². The minimum Gasteiger partial charge on any atom is -0.346 e. The lowest BCUT2D eigenvalue weighted by molar-refractivity contribution is 0.640. The average Bonchev–Trinajstić information content (AvgIpc) is 2.52. The third kappa shape index (κ3) is 1.16. The topological polar surface area (TPSA) is 28.1 Å². The number of H-pyrrole nitrogens is 1. The Hall–Kier alpha value is -0.760. The molecule has 1 N–H and O–H groups in total. The summed E-state index contributed by atoms with van der Waals surface area (Å²) in [7, 11) is 0. The first-order chi connectivity index (χ1) is 5.81. The van der Waals surface area contributed by atoms with Crippen molar-refractivity contribution in [2.75, 3.05) is 0 Å². The highest BCUT2D eigenvalue weighted by atomic mass is 35.5. The lowest BCUT2D eigenvalue weighted by Crippen LogP contribution is -2.31. The molecule has 2 nitrogen and oxygen atoms in total. The van der Waals surface area contributed by atoms with Crippen LogP contribution >= 0.6 is 11.6 Å². The second-order valence-electron chi connectivity index (χ2n) is 3.04. The van der Waals surface area contributed by atoms with Crippen LogP contribution in [0.25, 0.3) is 5.03 Å². The molecule has 1 atom stereocenters.